The van der Waals surface area contributed by atoms with Crippen molar-refractivity contribution in [2.45, 2.75) is 37.5 Å². The van der Waals surface area contributed by atoms with Gasteiger partial charge >= 0.3 is 0 Å². The highest BCUT2D eigenvalue weighted by atomic mass is 32.2. The van der Waals surface area contributed by atoms with Gasteiger partial charge in [0.2, 0.25) is 5.91 Å². The van der Waals surface area contributed by atoms with Gasteiger partial charge in [0.25, 0.3) is 15.9 Å². The van der Waals surface area contributed by atoms with Gasteiger partial charge < -0.3 is 10.1 Å². The van der Waals surface area contributed by atoms with Crippen LogP contribution in [0, 0.1) is 0 Å². The Morgan fingerprint density at radius 1 is 1.06 bits per heavy atom. The van der Waals surface area contributed by atoms with Crippen LogP contribution in [0.2, 0.25) is 0 Å². The van der Waals surface area contributed by atoms with Crippen molar-refractivity contribution in [3.05, 3.63) is 91.1 Å². The second kappa shape index (κ2) is 13.2. The van der Waals surface area contributed by atoms with Gasteiger partial charge in [0.05, 0.1) is 5.69 Å². The van der Waals surface area contributed by atoms with E-state index in [9.17, 15) is 18.0 Å². The molecule has 2 amide bonds. The number of nitrogens with one attached hydrogen (secondary N) is 2. The van der Waals surface area contributed by atoms with E-state index in [0.29, 0.717) is 12.2 Å². The van der Waals surface area contributed by atoms with E-state index >= 15 is 0 Å². The van der Waals surface area contributed by atoms with Crippen molar-refractivity contribution < 1.29 is 22.7 Å². The normalized spacial score (nSPS) is 11.4. The zero-order chi connectivity index (χ0) is 25.0. The zero-order valence-corrected chi connectivity index (χ0v) is 20.1. The largest absolute Gasteiger partial charge is 0.489 e. The second-order valence-corrected chi connectivity index (χ2v) is 9.08. The molecule has 0 heterocycles. The van der Waals surface area contributed by atoms with Gasteiger partial charge in [-0.25, -0.2) is 13.1 Å². The lowest BCUT2D eigenvalue weighted by molar-refractivity contribution is -0.119. The third kappa shape index (κ3) is 8.04. The summed E-state index contributed by atoms with van der Waals surface area (Å²) in [5.41, 5.74) is 1.16. The van der Waals surface area contributed by atoms with Crippen molar-refractivity contribution >= 4 is 27.5 Å². The van der Waals surface area contributed by atoms with Crippen LogP contribution in [0.4, 0.5) is 5.69 Å². The summed E-state index contributed by atoms with van der Waals surface area (Å²) in [7, 11) is -4.15. The molecular weight excluding hydrogens is 452 g/mol. The fraction of sp³-hybridized carbons (Fsp3) is 0.231. The predicted molar refractivity (Wildman–Crippen MR) is 134 cm³/mol. The number of allylic oxidation sites excluding steroid dienone is 2. The van der Waals surface area contributed by atoms with E-state index in [1.807, 2.05) is 6.92 Å². The highest BCUT2D eigenvalue weighted by molar-refractivity contribution is 7.90. The molecule has 7 nitrogen and oxygen atoms in total. The van der Waals surface area contributed by atoms with Crippen molar-refractivity contribution in [1.82, 2.24) is 4.72 Å². The van der Waals surface area contributed by atoms with Crippen molar-refractivity contribution in [3.63, 3.8) is 0 Å². The van der Waals surface area contributed by atoms with Gasteiger partial charge in [-0.3, -0.25) is 9.59 Å². The van der Waals surface area contributed by atoms with Crippen LogP contribution < -0.4 is 14.8 Å². The summed E-state index contributed by atoms with van der Waals surface area (Å²) in [6.45, 7) is 9.60. The summed E-state index contributed by atoms with van der Waals surface area (Å²) in [6.07, 6.45) is 7.52. The van der Waals surface area contributed by atoms with Gasteiger partial charge in [-0.1, -0.05) is 69.4 Å². The standard InChI is InChI=1S/C26H30N2O5S/c1-4-7-8-17-25(29)28-34(31,32)24-16-10-9-15-23(24)27-26(30)21-13-11-14-22(18-21)33-19-20(6-3)12-5-2/h5-6,9-16,18H,2-4,7-8,17,19H2,1H3,(H,27,30)(H,28,29)/b20-12+. The molecule has 2 aromatic rings. The van der Waals surface area contributed by atoms with Gasteiger partial charge in [0.1, 0.15) is 17.3 Å². The van der Waals surface area contributed by atoms with E-state index in [-0.39, 0.29) is 29.2 Å². The molecule has 0 radical (unpaired) electrons. The molecule has 0 aliphatic heterocycles. The average Bonchev–Trinajstić information content (AvgIpc) is 2.82. The molecule has 0 bridgehead atoms. The summed E-state index contributed by atoms with van der Waals surface area (Å²) < 4.78 is 33.3. The Labute approximate surface area is 201 Å². The van der Waals surface area contributed by atoms with Crippen molar-refractivity contribution in [3.8, 4) is 5.75 Å². The molecule has 0 unspecified atom stereocenters. The van der Waals surface area contributed by atoms with E-state index in [1.165, 1.54) is 18.2 Å². The van der Waals surface area contributed by atoms with Gasteiger partial charge in [-0.2, -0.15) is 0 Å². The van der Waals surface area contributed by atoms with Crippen LogP contribution in [0.3, 0.4) is 0 Å². The zero-order valence-electron chi connectivity index (χ0n) is 19.3. The lowest BCUT2D eigenvalue weighted by Gasteiger charge is -2.13. The smallest absolute Gasteiger partial charge is 0.266 e. The summed E-state index contributed by atoms with van der Waals surface area (Å²) in [5, 5.41) is 2.62. The molecule has 180 valence electrons. The number of amides is 2. The summed E-state index contributed by atoms with van der Waals surface area (Å²) in [6, 6.07) is 12.4. The number of carbonyl (C=O) groups is 2. The predicted octanol–water partition coefficient (Wildman–Crippen LogP) is 5.00. The maximum Gasteiger partial charge on any atom is 0.266 e. The Morgan fingerprint density at radius 2 is 1.82 bits per heavy atom. The number of ether oxygens (including phenoxy) is 1. The number of benzene rings is 2. The number of anilines is 1. The number of rotatable bonds is 13. The Bertz CT molecular complexity index is 1170. The quantitative estimate of drug-likeness (QED) is 0.309. The summed E-state index contributed by atoms with van der Waals surface area (Å²) >= 11 is 0. The number of carbonyl (C=O) groups excluding carboxylic acids is 2. The monoisotopic (exact) mass is 482 g/mol. The van der Waals surface area contributed by atoms with E-state index in [2.05, 4.69) is 23.2 Å². The fourth-order valence-corrected chi connectivity index (χ4v) is 4.19. The molecule has 0 aliphatic rings. The molecule has 0 atom stereocenters. The van der Waals surface area contributed by atoms with Crippen molar-refractivity contribution in [2.24, 2.45) is 0 Å². The van der Waals surface area contributed by atoms with Gasteiger partial charge in [0, 0.05) is 12.0 Å². The Kier molecular flexibility index (Phi) is 10.3. The molecule has 2 N–H and O–H groups in total. The SMILES string of the molecule is C=C/C=C(\C=C)COc1cccc(C(=O)Nc2ccccc2S(=O)(=O)NC(=O)CCCCC)c1. The lowest BCUT2D eigenvalue weighted by Crippen LogP contribution is -2.31. The maximum absolute atomic E-state index is 12.8. The minimum atomic E-state index is -4.15. The Hall–Kier alpha value is -3.65. The summed E-state index contributed by atoms with van der Waals surface area (Å²) in [4.78, 5) is 24.7. The molecule has 0 saturated heterocycles. The molecule has 0 spiro atoms. The number of para-hydroxylation sites is 1. The van der Waals surface area contributed by atoms with Crippen LogP contribution >= 0.6 is 0 Å². The fourth-order valence-electron chi connectivity index (χ4n) is 3.01. The second-order valence-electron chi connectivity index (χ2n) is 7.43. The first-order valence-electron chi connectivity index (χ1n) is 10.9. The van der Waals surface area contributed by atoms with Crippen molar-refractivity contribution in [2.75, 3.05) is 11.9 Å². The minimum absolute atomic E-state index is 0.0653. The molecule has 8 heteroatoms. The number of hydrogen-bond donors (Lipinski definition) is 2. The number of sulfonamides is 1. The van der Waals surface area contributed by atoms with Crippen LogP contribution in [-0.4, -0.2) is 26.8 Å². The minimum Gasteiger partial charge on any atom is -0.489 e. The molecule has 2 aromatic carbocycles. The highest BCUT2D eigenvalue weighted by Crippen LogP contribution is 2.23. The third-order valence-electron chi connectivity index (χ3n) is 4.78. The lowest BCUT2D eigenvalue weighted by atomic mass is 10.2. The van der Waals surface area contributed by atoms with E-state index in [0.717, 1.165) is 18.4 Å². The van der Waals surface area contributed by atoms with Crippen LogP contribution in [0.15, 0.2) is 90.4 Å². The van der Waals surface area contributed by atoms with E-state index in [1.54, 1.807) is 48.6 Å². The first-order chi connectivity index (χ1) is 16.3. The molecule has 0 aromatic heterocycles. The van der Waals surface area contributed by atoms with Crippen molar-refractivity contribution in [1.29, 1.82) is 0 Å². The molecule has 0 saturated carbocycles. The third-order valence-corrected chi connectivity index (χ3v) is 6.21. The first kappa shape index (κ1) is 26.6. The number of unbranched alkanes of at least 4 members (excludes halogenated alkanes) is 2. The molecular formula is C26H30N2O5S. The van der Waals surface area contributed by atoms with E-state index < -0.39 is 21.8 Å². The van der Waals surface area contributed by atoms with Gasteiger partial charge in [-0.05, 0) is 42.3 Å². The molecule has 34 heavy (non-hydrogen) atoms. The Morgan fingerprint density at radius 3 is 2.53 bits per heavy atom. The van der Waals surface area contributed by atoms with Gasteiger partial charge in [-0.15, -0.1) is 0 Å². The summed E-state index contributed by atoms with van der Waals surface area (Å²) in [5.74, 6) is -0.638. The van der Waals surface area contributed by atoms with E-state index in [4.69, 9.17) is 4.74 Å². The highest BCUT2D eigenvalue weighted by Gasteiger charge is 2.22. The molecule has 0 aliphatic carbocycles. The molecule has 0 fully saturated rings. The average molecular weight is 483 g/mol. The van der Waals surface area contributed by atoms with Crippen LogP contribution in [0.25, 0.3) is 0 Å². The van der Waals surface area contributed by atoms with Crippen LogP contribution in [0.5, 0.6) is 5.75 Å². The molecule has 2 rings (SSSR count). The van der Waals surface area contributed by atoms with Crippen LogP contribution in [-0.2, 0) is 14.8 Å². The van der Waals surface area contributed by atoms with Gasteiger partial charge in [0.15, 0.2) is 0 Å². The maximum atomic E-state index is 12.8. The topological polar surface area (TPSA) is 102 Å². The first-order valence-corrected chi connectivity index (χ1v) is 12.4. The Balaban J connectivity index is 2.15. The number of hydrogen-bond acceptors (Lipinski definition) is 5. The van der Waals surface area contributed by atoms with Crippen LogP contribution in [0.1, 0.15) is 43.0 Å².